The molecule has 0 saturated heterocycles. The highest BCUT2D eigenvalue weighted by molar-refractivity contribution is 6.33. The van der Waals surface area contributed by atoms with Crippen molar-refractivity contribution in [3.8, 4) is 0 Å². The van der Waals surface area contributed by atoms with Crippen molar-refractivity contribution in [3.63, 3.8) is 0 Å². The Labute approximate surface area is 206 Å². The third-order valence-electron chi connectivity index (χ3n) is 5.97. The summed E-state index contributed by atoms with van der Waals surface area (Å²) in [5, 5.41) is 19.4. The molecule has 188 valence electrons. The molecule has 3 N–H and O–H groups in total. The van der Waals surface area contributed by atoms with Crippen LogP contribution in [0.3, 0.4) is 0 Å². The van der Waals surface area contributed by atoms with Crippen LogP contribution in [0.4, 0.5) is 27.6 Å². The number of benzene rings is 2. The van der Waals surface area contributed by atoms with Crippen molar-refractivity contribution in [2.24, 2.45) is 11.3 Å². The maximum atomic E-state index is 13.9. The molecule has 3 atom stereocenters. The highest BCUT2D eigenvalue weighted by atomic mass is 35.5. The molecular formula is C23H19Cl2F5N2O3. The van der Waals surface area contributed by atoms with Crippen molar-refractivity contribution >= 4 is 46.5 Å². The van der Waals surface area contributed by atoms with Gasteiger partial charge in [0, 0.05) is 17.2 Å². The lowest BCUT2D eigenvalue weighted by molar-refractivity contribution is -0.165. The first-order valence-electron chi connectivity index (χ1n) is 10.2. The minimum Gasteiger partial charge on any atom is -0.481 e. The van der Waals surface area contributed by atoms with Gasteiger partial charge in [-0.3, -0.25) is 9.59 Å². The number of carboxylic acid groups (broad SMARTS) is 1. The zero-order valence-corrected chi connectivity index (χ0v) is 19.5. The van der Waals surface area contributed by atoms with E-state index in [4.69, 9.17) is 28.6 Å². The molecule has 1 aliphatic carbocycles. The average molecular weight is 537 g/mol. The highest BCUT2D eigenvalue weighted by Gasteiger charge is 2.76. The van der Waals surface area contributed by atoms with Gasteiger partial charge in [-0.15, -0.1) is 0 Å². The van der Waals surface area contributed by atoms with E-state index < -0.39 is 59.8 Å². The molecule has 1 unspecified atom stereocenters. The number of alkyl halides is 5. The summed E-state index contributed by atoms with van der Waals surface area (Å²) in [5.74, 6) is -10.6. The summed E-state index contributed by atoms with van der Waals surface area (Å²) in [6.45, 7) is 0.934. The molecule has 0 radical (unpaired) electrons. The van der Waals surface area contributed by atoms with E-state index >= 15 is 0 Å². The second-order valence-corrected chi connectivity index (χ2v) is 9.32. The summed E-state index contributed by atoms with van der Waals surface area (Å²) in [6.07, 6.45) is -6.37. The van der Waals surface area contributed by atoms with Gasteiger partial charge in [-0.2, -0.15) is 13.2 Å². The summed E-state index contributed by atoms with van der Waals surface area (Å²) in [4.78, 5) is 24.6. The van der Waals surface area contributed by atoms with E-state index in [1.54, 1.807) is 0 Å². The van der Waals surface area contributed by atoms with Gasteiger partial charge in [0.05, 0.1) is 16.6 Å². The van der Waals surface area contributed by atoms with Crippen LogP contribution in [0.2, 0.25) is 10.0 Å². The molecule has 1 aliphatic rings. The van der Waals surface area contributed by atoms with Crippen molar-refractivity contribution < 1.29 is 36.6 Å². The van der Waals surface area contributed by atoms with Crippen molar-refractivity contribution in [2.45, 2.75) is 37.8 Å². The van der Waals surface area contributed by atoms with E-state index in [9.17, 15) is 36.6 Å². The molecule has 2 aromatic carbocycles. The van der Waals surface area contributed by atoms with Crippen LogP contribution in [0, 0.1) is 16.7 Å². The van der Waals surface area contributed by atoms with E-state index in [1.165, 1.54) is 36.4 Å². The Balaban J connectivity index is 1.97. The van der Waals surface area contributed by atoms with E-state index in [0.29, 0.717) is 0 Å². The van der Waals surface area contributed by atoms with Crippen LogP contribution < -0.4 is 5.32 Å². The minimum atomic E-state index is -4.94. The van der Waals surface area contributed by atoms with Gasteiger partial charge in [0.2, 0.25) is 5.91 Å². The molecule has 12 heteroatoms. The quantitative estimate of drug-likeness (QED) is 0.262. The minimum absolute atomic E-state index is 0.0597. The van der Waals surface area contributed by atoms with Crippen molar-refractivity contribution in [2.75, 3.05) is 5.32 Å². The number of amides is 1. The fourth-order valence-corrected chi connectivity index (χ4v) is 4.31. The maximum Gasteiger partial charge on any atom is 0.397 e. The van der Waals surface area contributed by atoms with Gasteiger partial charge >= 0.3 is 12.1 Å². The lowest BCUT2D eigenvalue weighted by atomic mass is 9.82. The Morgan fingerprint density at radius 3 is 2.17 bits per heavy atom. The first-order chi connectivity index (χ1) is 16.1. The van der Waals surface area contributed by atoms with Gasteiger partial charge in [-0.05, 0) is 48.7 Å². The maximum absolute atomic E-state index is 13.9. The number of carbonyl (C=O) groups excluding carboxylic acids is 1. The van der Waals surface area contributed by atoms with Gasteiger partial charge < -0.3 is 15.8 Å². The number of anilines is 1. The number of hydrogen-bond acceptors (Lipinski definition) is 3. The number of aliphatic carboxylic acids is 1. The largest absolute Gasteiger partial charge is 0.481 e. The summed E-state index contributed by atoms with van der Waals surface area (Å²) in [7, 11) is 0. The predicted octanol–water partition coefficient (Wildman–Crippen LogP) is 6.59. The number of rotatable bonds is 8. The SMILES string of the molecule is CC(=N)[C@H]([C@H](C(=O)Nc1cc(CC2(C(=O)O)CC2(F)F)ccc1Cl)c1ccc(Cl)cc1)C(F)(F)F. The topological polar surface area (TPSA) is 90.3 Å². The van der Waals surface area contributed by atoms with Crippen LogP contribution in [0.25, 0.3) is 0 Å². The molecule has 35 heavy (non-hydrogen) atoms. The van der Waals surface area contributed by atoms with Crippen LogP contribution in [0.15, 0.2) is 42.5 Å². The first-order valence-corrected chi connectivity index (χ1v) is 10.9. The standard InChI is InChI=1S/C23H19Cl2F5N2O3/c1-11(31)18(23(28,29)30)17(13-3-5-14(24)6-4-13)19(33)32-16-8-12(2-7-15(16)25)9-21(20(34)35)10-22(21,26)27/h2-8,17-18,31H,9-10H2,1H3,(H,32,33)(H,34,35)/t17-,18-,21?/m1/s1. The van der Waals surface area contributed by atoms with E-state index in [2.05, 4.69) is 5.32 Å². The molecule has 0 spiro atoms. The number of nitrogens with one attached hydrogen (secondary N) is 2. The van der Waals surface area contributed by atoms with Crippen LogP contribution in [-0.2, 0) is 16.0 Å². The molecule has 1 amide bonds. The van der Waals surface area contributed by atoms with Crippen LogP contribution >= 0.6 is 23.2 Å². The number of carbonyl (C=O) groups is 2. The molecule has 1 fully saturated rings. The Morgan fingerprint density at radius 2 is 1.71 bits per heavy atom. The van der Waals surface area contributed by atoms with Gasteiger partial charge in [-0.25, -0.2) is 8.78 Å². The van der Waals surface area contributed by atoms with Crippen molar-refractivity contribution in [3.05, 3.63) is 63.6 Å². The Hall–Kier alpha value is -2.72. The summed E-state index contributed by atoms with van der Waals surface area (Å²) in [6, 6.07) is 8.75. The summed E-state index contributed by atoms with van der Waals surface area (Å²) >= 11 is 11.9. The fraction of sp³-hybridized carbons (Fsp3) is 0.348. The molecule has 0 bridgehead atoms. The van der Waals surface area contributed by atoms with Crippen molar-refractivity contribution in [1.29, 1.82) is 5.41 Å². The molecule has 3 rings (SSSR count). The first kappa shape index (κ1) is 26.9. The summed E-state index contributed by atoms with van der Waals surface area (Å²) < 4.78 is 69.1. The molecular weight excluding hydrogens is 518 g/mol. The Kier molecular flexibility index (Phi) is 7.21. The van der Waals surface area contributed by atoms with E-state index in [-0.39, 0.29) is 26.9 Å². The smallest absolute Gasteiger partial charge is 0.397 e. The highest BCUT2D eigenvalue weighted by Crippen LogP contribution is 2.62. The van der Waals surface area contributed by atoms with Crippen LogP contribution in [-0.4, -0.2) is 34.8 Å². The molecule has 0 aromatic heterocycles. The molecule has 1 saturated carbocycles. The van der Waals surface area contributed by atoms with E-state index in [0.717, 1.165) is 13.0 Å². The average Bonchev–Trinajstić information content (AvgIpc) is 3.29. The van der Waals surface area contributed by atoms with Gasteiger partial charge in [0.15, 0.2) is 0 Å². The molecule has 0 aliphatic heterocycles. The zero-order valence-electron chi connectivity index (χ0n) is 18.0. The van der Waals surface area contributed by atoms with Gasteiger partial charge in [0.1, 0.15) is 11.3 Å². The van der Waals surface area contributed by atoms with Crippen LogP contribution in [0.5, 0.6) is 0 Å². The fourth-order valence-electron chi connectivity index (χ4n) is 4.02. The van der Waals surface area contributed by atoms with Crippen molar-refractivity contribution in [1.82, 2.24) is 0 Å². The van der Waals surface area contributed by atoms with Gasteiger partial charge in [0.25, 0.3) is 5.92 Å². The predicted molar refractivity (Wildman–Crippen MR) is 121 cm³/mol. The lowest BCUT2D eigenvalue weighted by Gasteiger charge is -2.28. The second kappa shape index (κ2) is 9.39. The van der Waals surface area contributed by atoms with Gasteiger partial charge in [-0.1, -0.05) is 41.4 Å². The van der Waals surface area contributed by atoms with Crippen LogP contribution in [0.1, 0.15) is 30.4 Å². The summed E-state index contributed by atoms with van der Waals surface area (Å²) in [5.41, 5.74) is -3.24. The zero-order chi connectivity index (χ0) is 26.3. The molecule has 0 heterocycles. The second-order valence-electron chi connectivity index (χ2n) is 8.48. The monoisotopic (exact) mass is 536 g/mol. The lowest BCUT2D eigenvalue weighted by Crippen LogP contribution is -2.40. The normalized spacial score (nSPS) is 20.6. The molecule has 5 nitrogen and oxygen atoms in total. The van der Waals surface area contributed by atoms with E-state index in [1.807, 2.05) is 0 Å². The molecule has 2 aromatic rings. The number of halogens is 7. The third kappa shape index (κ3) is 5.43. The third-order valence-corrected chi connectivity index (χ3v) is 6.55. The number of carboxylic acids is 1. The Bertz CT molecular complexity index is 1170. The number of hydrogen-bond donors (Lipinski definition) is 3. The Morgan fingerprint density at radius 1 is 1.14 bits per heavy atom.